The van der Waals surface area contributed by atoms with E-state index in [0.717, 1.165) is 25.0 Å². The van der Waals surface area contributed by atoms with Crippen molar-refractivity contribution in [3.8, 4) is 0 Å². The molecule has 1 heterocycles. The minimum Gasteiger partial charge on any atom is -0.363 e. The molecule has 2 atom stereocenters. The Bertz CT molecular complexity index is 524. The van der Waals surface area contributed by atoms with E-state index >= 15 is 0 Å². The molecule has 6 heteroatoms. The van der Waals surface area contributed by atoms with E-state index in [9.17, 15) is 8.42 Å². The van der Waals surface area contributed by atoms with Gasteiger partial charge in [-0.3, -0.25) is 0 Å². The summed E-state index contributed by atoms with van der Waals surface area (Å²) in [5, 5.41) is 3.00. The third-order valence-corrected chi connectivity index (χ3v) is 5.53. The van der Waals surface area contributed by atoms with Crippen molar-refractivity contribution in [3.63, 3.8) is 0 Å². The monoisotopic (exact) mass is 299 g/mol. The van der Waals surface area contributed by atoms with Gasteiger partial charge in [0.15, 0.2) is 0 Å². The first-order chi connectivity index (χ1) is 9.53. The highest BCUT2D eigenvalue weighted by Gasteiger charge is 2.26. The summed E-state index contributed by atoms with van der Waals surface area (Å²) in [4.78, 5) is 3.32. The number of aromatic amines is 1. The molecule has 1 aromatic heterocycles. The molecule has 114 valence electrons. The van der Waals surface area contributed by atoms with E-state index in [0.29, 0.717) is 17.4 Å². The van der Waals surface area contributed by atoms with Gasteiger partial charge in [-0.2, -0.15) is 0 Å². The first-order valence-corrected chi connectivity index (χ1v) is 8.85. The van der Waals surface area contributed by atoms with Crippen molar-refractivity contribution in [1.29, 1.82) is 0 Å². The van der Waals surface area contributed by atoms with Crippen LogP contribution in [0.3, 0.4) is 0 Å². The Labute approximate surface area is 121 Å². The van der Waals surface area contributed by atoms with Crippen LogP contribution in [0.5, 0.6) is 0 Å². The van der Waals surface area contributed by atoms with Crippen molar-refractivity contribution >= 4 is 10.0 Å². The topological polar surface area (TPSA) is 74.0 Å². The summed E-state index contributed by atoms with van der Waals surface area (Å²) in [6.07, 6.45) is 7.13. The van der Waals surface area contributed by atoms with Crippen LogP contribution in [0.25, 0.3) is 0 Å². The molecule has 1 aromatic rings. The Morgan fingerprint density at radius 2 is 2.05 bits per heavy atom. The van der Waals surface area contributed by atoms with Crippen LogP contribution in [0.4, 0.5) is 0 Å². The van der Waals surface area contributed by atoms with Gasteiger partial charge in [0.1, 0.15) is 0 Å². The fourth-order valence-electron chi connectivity index (χ4n) is 2.80. The number of H-pyrrole nitrogens is 1. The van der Waals surface area contributed by atoms with E-state index in [1.165, 1.54) is 12.8 Å². The number of nitrogens with one attached hydrogen (secondary N) is 3. The van der Waals surface area contributed by atoms with Gasteiger partial charge in [-0.15, -0.1) is 0 Å². The van der Waals surface area contributed by atoms with Gasteiger partial charge in [-0.05, 0) is 31.9 Å². The van der Waals surface area contributed by atoms with Gasteiger partial charge in [0.2, 0.25) is 10.0 Å². The molecule has 2 unspecified atom stereocenters. The van der Waals surface area contributed by atoms with Gasteiger partial charge in [0.05, 0.1) is 4.90 Å². The predicted octanol–water partition coefficient (Wildman–Crippen LogP) is 1.98. The van der Waals surface area contributed by atoms with Crippen molar-refractivity contribution in [1.82, 2.24) is 15.0 Å². The van der Waals surface area contributed by atoms with Crippen molar-refractivity contribution in [2.75, 3.05) is 7.05 Å². The van der Waals surface area contributed by atoms with Crippen LogP contribution in [0, 0.1) is 5.92 Å². The molecule has 1 aliphatic rings. The average molecular weight is 299 g/mol. The Morgan fingerprint density at radius 3 is 2.80 bits per heavy atom. The van der Waals surface area contributed by atoms with E-state index < -0.39 is 10.0 Å². The summed E-state index contributed by atoms with van der Waals surface area (Å²) < 4.78 is 27.7. The van der Waals surface area contributed by atoms with Gasteiger partial charge < -0.3 is 10.3 Å². The molecule has 0 saturated heterocycles. The maximum Gasteiger partial charge on any atom is 0.242 e. The lowest BCUT2D eigenvalue weighted by molar-refractivity contribution is 0.399. The van der Waals surface area contributed by atoms with Crippen molar-refractivity contribution in [3.05, 3.63) is 18.0 Å². The Balaban J connectivity index is 2.08. The Hall–Kier alpha value is -0.850. The maximum atomic E-state index is 12.4. The minimum atomic E-state index is -3.42. The molecule has 20 heavy (non-hydrogen) atoms. The molecule has 2 rings (SSSR count). The Kier molecular flexibility index (Phi) is 5.23. The molecule has 1 fully saturated rings. The number of sulfonamides is 1. The Morgan fingerprint density at radius 1 is 1.30 bits per heavy atom. The standard InChI is InChI=1S/C14H25N3O2S/c1-11-6-4-3-5-7-14(11)17-20(18,19)13-8-12(9-15-2)16-10-13/h8,10-11,14-17H,3-7,9H2,1-2H3. The quantitative estimate of drug-likeness (QED) is 0.728. The number of aromatic nitrogens is 1. The zero-order valence-electron chi connectivity index (χ0n) is 12.3. The molecule has 0 aromatic carbocycles. The maximum absolute atomic E-state index is 12.4. The molecular weight excluding hydrogens is 274 g/mol. The van der Waals surface area contributed by atoms with Gasteiger partial charge in [0.25, 0.3) is 0 Å². The largest absolute Gasteiger partial charge is 0.363 e. The predicted molar refractivity (Wildman–Crippen MR) is 79.9 cm³/mol. The fourth-order valence-corrected chi connectivity index (χ4v) is 4.20. The average Bonchev–Trinajstić information content (AvgIpc) is 2.78. The number of rotatable bonds is 5. The number of hydrogen-bond acceptors (Lipinski definition) is 3. The highest BCUT2D eigenvalue weighted by atomic mass is 32.2. The van der Waals surface area contributed by atoms with Crippen LogP contribution in [-0.4, -0.2) is 26.5 Å². The molecule has 3 N–H and O–H groups in total. The van der Waals surface area contributed by atoms with Crippen LogP contribution in [0.2, 0.25) is 0 Å². The van der Waals surface area contributed by atoms with Crippen molar-refractivity contribution < 1.29 is 8.42 Å². The van der Waals surface area contributed by atoms with Crippen LogP contribution < -0.4 is 10.0 Å². The molecule has 1 aliphatic carbocycles. The van der Waals surface area contributed by atoms with Crippen molar-refractivity contribution in [2.45, 2.75) is 56.5 Å². The van der Waals surface area contributed by atoms with Crippen LogP contribution in [0.1, 0.15) is 44.7 Å². The van der Waals surface area contributed by atoms with Crippen LogP contribution in [-0.2, 0) is 16.6 Å². The minimum absolute atomic E-state index is 0.0603. The fraction of sp³-hybridized carbons (Fsp3) is 0.714. The molecule has 0 bridgehead atoms. The van der Waals surface area contributed by atoms with Crippen LogP contribution in [0.15, 0.2) is 17.2 Å². The van der Waals surface area contributed by atoms with E-state index in [2.05, 4.69) is 21.9 Å². The summed E-state index contributed by atoms with van der Waals surface area (Å²) >= 11 is 0. The highest BCUT2D eigenvalue weighted by Crippen LogP contribution is 2.24. The third-order valence-electron chi connectivity index (χ3n) is 4.06. The zero-order chi connectivity index (χ0) is 14.6. The molecule has 0 aliphatic heterocycles. The summed E-state index contributed by atoms with van der Waals surface area (Å²) in [5.41, 5.74) is 0.877. The summed E-state index contributed by atoms with van der Waals surface area (Å²) in [7, 11) is -1.58. The second kappa shape index (κ2) is 6.74. The lowest BCUT2D eigenvalue weighted by Gasteiger charge is -2.22. The molecule has 0 spiro atoms. The van der Waals surface area contributed by atoms with Gasteiger partial charge in [-0.1, -0.05) is 26.2 Å². The SMILES string of the molecule is CNCc1cc(S(=O)(=O)NC2CCCCCC2C)c[nH]1. The molecule has 0 amide bonds. The van der Waals surface area contributed by atoms with E-state index in [-0.39, 0.29) is 6.04 Å². The first kappa shape index (κ1) is 15.5. The van der Waals surface area contributed by atoms with E-state index in [4.69, 9.17) is 0 Å². The van der Waals surface area contributed by atoms with Crippen LogP contribution >= 0.6 is 0 Å². The summed E-state index contributed by atoms with van der Waals surface area (Å²) in [6.45, 7) is 2.78. The van der Waals surface area contributed by atoms with Gasteiger partial charge in [0, 0.05) is 24.5 Å². The normalized spacial score (nSPS) is 24.5. The molecule has 0 radical (unpaired) electrons. The highest BCUT2D eigenvalue weighted by molar-refractivity contribution is 7.89. The van der Waals surface area contributed by atoms with E-state index in [1.54, 1.807) is 12.3 Å². The molecule has 5 nitrogen and oxygen atoms in total. The van der Waals surface area contributed by atoms with Gasteiger partial charge >= 0.3 is 0 Å². The third kappa shape index (κ3) is 3.84. The second-order valence-corrected chi connectivity index (χ2v) is 7.45. The smallest absolute Gasteiger partial charge is 0.242 e. The second-order valence-electron chi connectivity index (χ2n) is 5.73. The zero-order valence-corrected chi connectivity index (χ0v) is 13.1. The number of hydrogen-bond donors (Lipinski definition) is 3. The van der Waals surface area contributed by atoms with E-state index in [1.807, 2.05) is 7.05 Å². The molecule has 1 saturated carbocycles. The lowest BCUT2D eigenvalue weighted by Crippen LogP contribution is -2.38. The lowest BCUT2D eigenvalue weighted by atomic mass is 9.98. The van der Waals surface area contributed by atoms with Gasteiger partial charge in [-0.25, -0.2) is 13.1 Å². The summed E-state index contributed by atoms with van der Waals surface area (Å²) in [6, 6.07) is 1.75. The first-order valence-electron chi connectivity index (χ1n) is 7.37. The molecular formula is C14H25N3O2S. The van der Waals surface area contributed by atoms with Crippen molar-refractivity contribution in [2.24, 2.45) is 5.92 Å². The summed E-state index contributed by atoms with van der Waals surface area (Å²) in [5.74, 6) is 0.406.